The van der Waals surface area contributed by atoms with Gasteiger partial charge in [-0.2, -0.15) is 0 Å². The molecule has 11 nitrogen and oxygen atoms in total. The van der Waals surface area contributed by atoms with Crippen LogP contribution >= 0.6 is 0 Å². The third-order valence-corrected chi connectivity index (χ3v) is 64.8. The summed E-state index contributed by atoms with van der Waals surface area (Å²) >= 11 is -0.599. The van der Waals surface area contributed by atoms with Crippen molar-refractivity contribution in [2.75, 3.05) is 31.0 Å². The number of hydrogen-bond acceptors (Lipinski definition) is 10. The number of aryl methyl sites for hydroxylation is 2. The van der Waals surface area contributed by atoms with Crippen molar-refractivity contribution in [1.82, 2.24) is 4.91 Å². The van der Waals surface area contributed by atoms with E-state index in [1.165, 1.54) is 0 Å². The first kappa shape index (κ1) is 72.6. The fraction of sp³-hybridized carbons (Fsp3) is 0.531. The van der Waals surface area contributed by atoms with Crippen molar-refractivity contribution in [3.05, 3.63) is 130 Å². The first-order chi connectivity index (χ1) is 37.1. The minimum atomic E-state index is -2.02. The SMILES string of the molecule is C=C(C(=O)OCC)[C@@H](Nc1cc(C)c(C)c(OC)c1)c1cccc(O[Si](C)(C)C(C)(C)C)c1.C=C1C(=O)N(c2cc(C)c(C)c(OC)c2)[C@H]1c1cccc(O[Si](C)(C)C(C)(C)C)c1.C[Si](C)(C)[N]([Sn][N]([Si](C)(C)C)[Si](C)(C)C)[Si](C)(C)C. The van der Waals surface area contributed by atoms with Gasteiger partial charge in [0.25, 0.3) is 5.91 Å². The Balaban J connectivity index is 0.000000335. The first-order valence-electron chi connectivity index (χ1n) is 29.0. The maximum absolute atomic E-state index is 12.7. The van der Waals surface area contributed by atoms with E-state index in [-0.39, 0.29) is 28.6 Å². The number of methoxy groups -OCH3 is 2. The van der Waals surface area contributed by atoms with E-state index in [1.54, 1.807) is 26.0 Å². The second kappa shape index (κ2) is 27.8. The van der Waals surface area contributed by atoms with E-state index in [4.69, 9.17) is 23.1 Å². The maximum atomic E-state index is 12.7. The van der Waals surface area contributed by atoms with Crippen LogP contribution in [0.25, 0.3) is 0 Å². The Morgan fingerprint density at radius 3 is 1.50 bits per heavy atom. The Morgan fingerprint density at radius 2 is 1.07 bits per heavy atom. The zero-order valence-electron chi connectivity index (χ0n) is 56.4. The van der Waals surface area contributed by atoms with Crippen molar-refractivity contribution < 1.29 is 32.7 Å². The van der Waals surface area contributed by atoms with Gasteiger partial charge in [0.05, 0.1) is 38.5 Å². The van der Waals surface area contributed by atoms with Gasteiger partial charge in [-0.15, -0.1) is 0 Å². The molecule has 1 fully saturated rings. The number of nitrogens with zero attached hydrogens (tertiary/aromatic N) is 3. The molecule has 4 aromatic carbocycles. The summed E-state index contributed by atoms with van der Waals surface area (Å²) in [4.78, 5) is 27.2. The third-order valence-electron chi connectivity index (χ3n) is 15.8. The number of benzene rings is 4. The van der Waals surface area contributed by atoms with Gasteiger partial charge in [0.1, 0.15) is 23.0 Å². The Morgan fingerprint density at radius 1 is 0.646 bits per heavy atom. The van der Waals surface area contributed by atoms with Crippen molar-refractivity contribution in [3.8, 4) is 23.0 Å². The van der Waals surface area contributed by atoms with Gasteiger partial charge in [-0.25, -0.2) is 4.79 Å². The number of rotatable bonds is 20. The van der Waals surface area contributed by atoms with Crippen molar-refractivity contribution in [1.29, 1.82) is 0 Å². The second-order valence-electron chi connectivity index (χ2n) is 29.0. The predicted molar refractivity (Wildman–Crippen MR) is 368 cm³/mol. The molecule has 5 rings (SSSR count). The summed E-state index contributed by atoms with van der Waals surface area (Å²) in [5.74, 6) is 2.73. The van der Waals surface area contributed by atoms with Gasteiger partial charge in [-0.05, 0) is 141 Å². The standard InChI is InChI=1S/C27H39NO4Si.C25H33NO3Si.2C6H18NSi2.Sn/c1-11-31-26(29)20(4)25(28-22-15-18(2)19(3)24(17-22)30-8)21-13-12-14-23(16-21)32-33(9,10)27(5,6)7;1-16-13-20(15-22(28-7)17(16)2)26-23(18(3)24(26)27)19-11-10-12-21(14-19)29-30(8,9)25(4,5)6;2*1-8(2,3)7-9(4,5)6;/h12-17,25,28H,4,11H2,1-3,5-10H3;10-15,23H,3H2,1-2,4-9H3;2*1-6H3;/q;;2*-1;+2/t25-;23-;;;/m11.../s1. The topological polar surface area (TPSA) is 102 Å². The number of ether oxygens (including phenoxy) is 3. The molecule has 2 atom stereocenters. The molecule has 0 aromatic heterocycles. The summed E-state index contributed by atoms with van der Waals surface area (Å²) in [5, 5.41) is 3.66. The summed E-state index contributed by atoms with van der Waals surface area (Å²) in [6.07, 6.45) is 0. The quantitative estimate of drug-likeness (QED) is 0.0398. The fourth-order valence-electron chi connectivity index (χ4n) is 9.37. The molecule has 0 saturated carbocycles. The molecule has 4 aromatic rings. The van der Waals surface area contributed by atoms with Crippen LogP contribution in [0, 0.1) is 27.7 Å². The zero-order chi connectivity index (χ0) is 63.3. The molecule has 0 bridgehead atoms. The molecule has 1 saturated heterocycles. The van der Waals surface area contributed by atoms with E-state index < -0.39 is 83.3 Å². The van der Waals surface area contributed by atoms with E-state index in [0.29, 0.717) is 11.1 Å². The van der Waals surface area contributed by atoms with Gasteiger partial charge in [0.15, 0.2) is 0 Å². The van der Waals surface area contributed by atoms with Crippen LogP contribution in [0.5, 0.6) is 23.0 Å². The number of anilines is 2. The van der Waals surface area contributed by atoms with Crippen LogP contribution in [0.15, 0.2) is 97.1 Å². The van der Waals surface area contributed by atoms with Crippen LogP contribution in [-0.2, 0) is 14.3 Å². The van der Waals surface area contributed by atoms with E-state index >= 15 is 0 Å². The molecular weight excluding hydrogens is 1220 g/mol. The normalized spacial score (nSPS) is 14.9. The molecule has 1 amide bonds. The summed E-state index contributed by atoms with van der Waals surface area (Å²) < 4.78 is 35.5. The van der Waals surface area contributed by atoms with Gasteiger partial charge >= 0.3 is 144 Å². The van der Waals surface area contributed by atoms with Gasteiger partial charge in [0, 0.05) is 29.1 Å². The van der Waals surface area contributed by atoms with E-state index in [1.807, 2.05) is 100 Å². The first-order valence-corrected chi connectivity index (χ1v) is 51.2. The summed E-state index contributed by atoms with van der Waals surface area (Å²) in [6, 6.07) is 23.2. The molecule has 0 unspecified atom stereocenters. The molecule has 0 spiro atoms. The van der Waals surface area contributed by atoms with Crippen LogP contribution in [0.4, 0.5) is 11.4 Å². The van der Waals surface area contributed by atoms with E-state index in [9.17, 15) is 9.59 Å². The predicted octanol–water partition coefficient (Wildman–Crippen LogP) is 17.8. The molecule has 82 heavy (non-hydrogen) atoms. The van der Waals surface area contributed by atoms with Crippen LogP contribution in [0.1, 0.15) is 93.9 Å². The average Bonchev–Trinajstić information content (AvgIpc) is 2.83. The number of amides is 1. The average molecular weight is 1330 g/mol. The van der Waals surface area contributed by atoms with Crippen LogP contribution in [0.2, 0.25) is 115 Å². The minimum absolute atomic E-state index is 0.0546. The molecule has 454 valence electrons. The van der Waals surface area contributed by atoms with Crippen molar-refractivity contribution in [3.63, 3.8) is 0 Å². The van der Waals surface area contributed by atoms with Gasteiger partial charge in [-0.3, -0.25) is 9.69 Å². The Hall–Kier alpha value is -3.68. The summed E-state index contributed by atoms with van der Waals surface area (Å²) in [6.45, 7) is 71.2. The van der Waals surface area contributed by atoms with E-state index in [0.717, 1.165) is 67.8 Å². The molecule has 1 aliphatic heterocycles. The molecule has 2 radical (unpaired) electrons. The summed E-state index contributed by atoms with van der Waals surface area (Å²) in [7, 11) is -5.34. The van der Waals surface area contributed by atoms with E-state index in [2.05, 4.69) is 170 Å². The molecule has 0 aliphatic carbocycles. The van der Waals surface area contributed by atoms with Crippen LogP contribution in [0.3, 0.4) is 0 Å². The van der Waals surface area contributed by atoms with Gasteiger partial charge < -0.3 is 28.4 Å². The number of carbonyl (C=O) groups is 2. The van der Waals surface area contributed by atoms with Gasteiger partial charge in [0.2, 0.25) is 16.6 Å². The number of hydrogen-bond donors (Lipinski definition) is 1. The Kier molecular flexibility index (Phi) is 24.6. The van der Waals surface area contributed by atoms with Gasteiger partial charge in [-0.1, -0.05) is 79.0 Å². The van der Waals surface area contributed by atoms with Crippen molar-refractivity contribution in [2.45, 2.75) is 203 Å². The molecular formula is C64H108N4O7Si6Sn. The molecule has 1 aliphatic rings. The Labute approximate surface area is 515 Å². The number of nitrogens with one attached hydrogen (secondary N) is 1. The number of esters is 1. The number of β-lactam (4-membered cyclic amide) rings is 1. The second-order valence-corrected chi connectivity index (χ2v) is 66.7. The van der Waals surface area contributed by atoms with Crippen LogP contribution in [-0.4, -0.2) is 109 Å². The van der Waals surface area contributed by atoms with Crippen molar-refractivity contribution in [2.24, 2.45) is 0 Å². The molecule has 1 N–H and O–H groups in total. The molecule has 1 heterocycles. The third kappa shape index (κ3) is 18.9. The fourth-order valence-corrected chi connectivity index (χ4v) is 44.9. The Bertz CT molecular complexity index is 2830. The summed E-state index contributed by atoms with van der Waals surface area (Å²) in [5.41, 5.74) is 8.80. The number of carbonyl (C=O) groups excluding carboxylic acids is 2. The van der Waals surface area contributed by atoms with Crippen molar-refractivity contribution >= 4 is 94.5 Å². The monoisotopic (exact) mass is 1330 g/mol. The molecule has 18 heteroatoms. The zero-order valence-corrected chi connectivity index (χ0v) is 65.3. The van der Waals surface area contributed by atoms with Crippen LogP contribution < -0.4 is 28.5 Å².